The van der Waals surface area contributed by atoms with Gasteiger partial charge in [-0.1, -0.05) is 49.6 Å². The zero-order valence-corrected chi connectivity index (χ0v) is 16.1. The number of para-hydroxylation sites is 3. The van der Waals surface area contributed by atoms with Gasteiger partial charge in [0.2, 0.25) is 0 Å². The summed E-state index contributed by atoms with van der Waals surface area (Å²) in [6.07, 6.45) is 7.67. The van der Waals surface area contributed by atoms with E-state index in [1.165, 1.54) is 43.9 Å². The predicted octanol–water partition coefficient (Wildman–Crippen LogP) is 4.98. The Kier molecular flexibility index (Phi) is 5.15. The molecule has 0 unspecified atom stereocenters. The number of aromatic nitrogens is 2. The maximum absolute atomic E-state index is 13.1. The molecule has 2 N–H and O–H groups in total. The molecule has 1 saturated carbocycles. The number of nitrogens with one attached hydrogen (secondary N) is 1. The van der Waals surface area contributed by atoms with Crippen LogP contribution in [0.25, 0.3) is 5.69 Å². The molecule has 1 aromatic heterocycles. The number of hydrogen-bond acceptors (Lipinski definition) is 3. The third kappa shape index (κ3) is 3.52. The minimum atomic E-state index is -0.125. The van der Waals surface area contributed by atoms with Gasteiger partial charge in [-0.15, -0.1) is 0 Å². The van der Waals surface area contributed by atoms with Crippen LogP contribution in [0.15, 0.2) is 58.3 Å². The molecule has 0 atom stereocenters. The van der Waals surface area contributed by atoms with E-state index >= 15 is 0 Å². The van der Waals surface area contributed by atoms with E-state index in [1.807, 2.05) is 19.1 Å². The third-order valence-corrected chi connectivity index (χ3v) is 5.55. The molecular formula is C23H25N3O2. The number of benzene rings is 2. The number of H-pyrrole nitrogens is 1. The first kappa shape index (κ1) is 18.3. The van der Waals surface area contributed by atoms with Crippen LogP contribution < -0.4 is 5.56 Å². The van der Waals surface area contributed by atoms with Crippen molar-refractivity contribution in [2.24, 2.45) is 4.99 Å². The monoisotopic (exact) mass is 375 g/mol. The summed E-state index contributed by atoms with van der Waals surface area (Å²) in [5, 5.41) is 13.1. The van der Waals surface area contributed by atoms with Gasteiger partial charge in [-0.3, -0.25) is 14.9 Å². The Morgan fingerprint density at radius 3 is 2.57 bits per heavy atom. The highest BCUT2D eigenvalue weighted by Crippen LogP contribution is 2.35. The van der Waals surface area contributed by atoms with Crippen LogP contribution in [0.3, 0.4) is 0 Å². The molecule has 1 heterocycles. The SMILES string of the molecule is Cc1[nH]n(-c2ccccc2C2CCCCC2)c(=O)c1C=Nc1ccccc1O. The van der Waals surface area contributed by atoms with Gasteiger partial charge < -0.3 is 5.11 Å². The highest BCUT2D eigenvalue weighted by Gasteiger charge is 2.21. The second-order valence-corrected chi connectivity index (χ2v) is 7.43. The first-order valence-electron chi connectivity index (χ1n) is 9.88. The second-order valence-electron chi connectivity index (χ2n) is 7.43. The van der Waals surface area contributed by atoms with Crippen LogP contribution in [-0.4, -0.2) is 21.1 Å². The first-order valence-corrected chi connectivity index (χ1v) is 9.88. The Morgan fingerprint density at radius 2 is 1.79 bits per heavy atom. The Hall–Kier alpha value is -3.08. The van der Waals surface area contributed by atoms with Gasteiger partial charge in [0.15, 0.2) is 0 Å². The maximum Gasteiger partial charge on any atom is 0.280 e. The summed E-state index contributed by atoms with van der Waals surface area (Å²) in [6, 6.07) is 15.0. The number of phenols is 1. The fraction of sp³-hybridized carbons (Fsp3) is 0.304. The Bertz CT molecular complexity index is 1060. The van der Waals surface area contributed by atoms with Gasteiger partial charge in [0.1, 0.15) is 11.4 Å². The number of aromatic hydroxyl groups is 1. The standard InChI is InChI=1S/C23H25N3O2/c1-16-19(15-24-20-12-6-8-14-22(20)27)23(28)26(25-16)21-13-7-5-11-18(21)17-9-3-2-4-10-17/h5-8,11-15,17,25,27H,2-4,9-10H2,1H3. The smallest absolute Gasteiger partial charge is 0.280 e. The van der Waals surface area contributed by atoms with Crippen molar-refractivity contribution in [3.63, 3.8) is 0 Å². The quantitative estimate of drug-likeness (QED) is 0.632. The largest absolute Gasteiger partial charge is 0.506 e. The minimum absolute atomic E-state index is 0.0925. The summed E-state index contributed by atoms with van der Waals surface area (Å²) >= 11 is 0. The molecule has 0 bridgehead atoms. The van der Waals surface area contributed by atoms with E-state index in [2.05, 4.69) is 22.2 Å². The summed E-state index contributed by atoms with van der Waals surface area (Å²) < 4.78 is 1.63. The van der Waals surface area contributed by atoms with Gasteiger partial charge in [0.05, 0.1) is 11.3 Å². The average molecular weight is 375 g/mol. The van der Waals surface area contributed by atoms with E-state index < -0.39 is 0 Å². The molecule has 0 spiro atoms. The number of nitrogens with zero attached hydrogens (tertiary/aromatic N) is 2. The molecule has 5 heteroatoms. The van der Waals surface area contributed by atoms with Crippen LogP contribution in [0.2, 0.25) is 0 Å². The van der Waals surface area contributed by atoms with Crippen LogP contribution in [0.4, 0.5) is 5.69 Å². The van der Waals surface area contributed by atoms with Gasteiger partial charge in [-0.2, -0.15) is 0 Å². The minimum Gasteiger partial charge on any atom is -0.506 e. The molecule has 0 saturated heterocycles. The molecule has 144 valence electrons. The molecule has 3 aromatic rings. The molecule has 4 rings (SSSR count). The number of aryl methyl sites for hydroxylation is 1. The van der Waals surface area contributed by atoms with Crippen molar-refractivity contribution in [1.82, 2.24) is 9.78 Å². The summed E-state index contributed by atoms with van der Waals surface area (Å²) in [7, 11) is 0. The zero-order chi connectivity index (χ0) is 19.5. The van der Waals surface area contributed by atoms with Gasteiger partial charge >= 0.3 is 0 Å². The zero-order valence-electron chi connectivity index (χ0n) is 16.1. The summed E-state index contributed by atoms with van der Waals surface area (Å²) in [6.45, 7) is 1.87. The molecule has 0 radical (unpaired) electrons. The molecule has 0 amide bonds. The van der Waals surface area contributed by atoms with E-state index in [0.717, 1.165) is 11.4 Å². The molecule has 2 aromatic carbocycles. The summed E-state index contributed by atoms with van der Waals surface area (Å²) in [5.74, 6) is 0.591. The summed E-state index contributed by atoms with van der Waals surface area (Å²) in [5.41, 5.74) is 3.72. The number of aromatic amines is 1. The highest BCUT2D eigenvalue weighted by molar-refractivity contribution is 5.83. The van der Waals surface area contributed by atoms with Crippen molar-refractivity contribution in [3.8, 4) is 11.4 Å². The fourth-order valence-electron chi connectivity index (χ4n) is 4.04. The van der Waals surface area contributed by atoms with Gasteiger partial charge in [0, 0.05) is 11.9 Å². The lowest BCUT2D eigenvalue weighted by Crippen LogP contribution is -2.20. The van der Waals surface area contributed by atoms with E-state index in [9.17, 15) is 9.90 Å². The Morgan fingerprint density at radius 1 is 1.07 bits per heavy atom. The average Bonchev–Trinajstić information content (AvgIpc) is 3.01. The predicted molar refractivity (Wildman–Crippen MR) is 112 cm³/mol. The number of hydrogen-bond donors (Lipinski definition) is 2. The van der Waals surface area contributed by atoms with E-state index in [0.29, 0.717) is 17.2 Å². The molecular weight excluding hydrogens is 350 g/mol. The molecule has 1 aliphatic rings. The molecule has 28 heavy (non-hydrogen) atoms. The van der Waals surface area contributed by atoms with E-state index in [1.54, 1.807) is 28.9 Å². The van der Waals surface area contributed by atoms with Crippen molar-refractivity contribution in [1.29, 1.82) is 0 Å². The Balaban J connectivity index is 1.73. The van der Waals surface area contributed by atoms with Crippen molar-refractivity contribution in [2.75, 3.05) is 0 Å². The van der Waals surface area contributed by atoms with Gasteiger partial charge in [-0.25, -0.2) is 4.68 Å². The lowest BCUT2D eigenvalue weighted by Gasteiger charge is -2.24. The lowest BCUT2D eigenvalue weighted by atomic mass is 9.83. The molecule has 0 aliphatic heterocycles. The first-order chi connectivity index (χ1) is 13.6. The highest BCUT2D eigenvalue weighted by atomic mass is 16.3. The van der Waals surface area contributed by atoms with Crippen LogP contribution in [0.5, 0.6) is 5.75 Å². The topological polar surface area (TPSA) is 70.4 Å². The summed E-state index contributed by atoms with van der Waals surface area (Å²) in [4.78, 5) is 17.4. The number of rotatable bonds is 4. The normalized spacial score (nSPS) is 15.3. The maximum atomic E-state index is 13.1. The Labute approximate surface area is 164 Å². The van der Waals surface area contributed by atoms with Crippen LogP contribution in [0.1, 0.15) is 54.8 Å². The molecule has 5 nitrogen and oxygen atoms in total. The number of phenolic OH excluding ortho intramolecular Hbond substituents is 1. The van der Waals surface area contributed by atoms with Crippen LogP contribution >= 0.6 is 0 Å². The van der Waals surface area contributed by atoms with Crippen LogP contribution in [0, 0.1) is 6.92 Å². The number of aliphatic imine (C=N–C) groups is 1. The van der Waals surface area contributed by atoms with Crippen molar-refractivity contribution in [3.05, 3.63) is 75.7 Å². The van der Waals surface area contributed by atoms with Crippen molar-refractivity contribution >= 4 is 11.9 Å². The van der Waals surface area contributed by atoms with Gasteiger partial charge in [0.25, 0.3) is 5.56 Å². The molecule has 1 aliphatic carbocycles. The second kappa shape index (κ2) is 7.89. The molecule has 1 fully saturated rings. The van der Waals surface area contributed by atoms with Crippen molar-refractivity contribution in [2.45, 2.75) is 44.9 Å². The van der Waals surface area contributed by atoms with E-state index in [-0.39, 0.29) is 11.3 Å². The van der Waals surface area contributed by atoms with Crippen LogP contribution in [-0.2, 0) is 0 Å². The lowest BCUT2D eigenvalue weighted by molar-refractivity contribution is 0.442. The fourth-order valence-corrected chi connectivity index (χ4v) is 4.04. The van der Waals surface area contributed by atoms with E-state index in [4.69, 9.17) is 0 Å². The van der Waals surface area contributed by atoms with Gasteiger partial charge in [-0.05, 0) is 49.4 Å². The third-order valence-electron chi connectivity index (χ3n) is 5.55. The van der Waals surface area contributed by atoms with Crippen molar-refractivity contribution < 1.29 is 5.11 Å².